The van der Waals surface area contributed by atoms with Crippen molar-refractivity contribution < 1.29 is 19.4 Å². The van der Waals surface area contributed by atoms with Crippen molar-refractivity contribution in [2.24, 2.45) is 0 Å². The van der Waals surface area contributed by atoms with Crippen LogP contribution in [0.1, 0.15) is 29.3 Å². The summed E-state index contributed by atoms with van der Waals surface area (Å²) in [4.78, 5) is 25.3. The molecule has 0 aromatic heterocycles. The molecule has 0 radical (unpaired) electrons. The molecule has 1 aliphatic heterocycles. The molecule has 1 heterocycles. The molecular weight excluding hydrogens is 320 g/mol. The van der Waals surface area contributed by atoms with Crippen LogP contribution < -0.4 is 15.0 Å². The minimum atomic E-state index is -1.03. The van der Waals surface area contributed by atoms with Crippen molar-refractivity contribution in [3.63, 3.8) is 0 Å². The van der Waals surface area contributed by atoms with Gasteiger partial charge in [0.15, 0.2) is 0 Å². The molecule has 130 valence electrons. The van der Waals surface area contributed by atoms with Crippen molar-refractivity contribution in [1.29, 1.82) is 0 Å². The molecule has 0 unspecified atom stereocenters. The average Bonchev–Trinajstić information content (AvgIpc) is 2.83. The number of aromatic carboxylic acids is 1. The minimum Gasteiger partial charge on any atom is -0.491 e. The van der Waals surface area contributed by atoms with E-state index in [9.17, 15) is 14.7 Å². The number of anilines is 2. The second kappa shape index (κ2) is 7.25. The lowest BCUT2D eigenvalue weighted by Crippen LogP contribution is -2.27. The van der Waals surface area contributed by atoms with E-state index in [4.69, 9.17) is 4.74 Å². The average molecular weight is 340 g/mol. The van der Waals surface area contributed by atoms with Crippen LogP contribution in [0, 0.1) is 0 Å². The second-order valence-electron chi connectivity index (χ2n) is 5.82. The van der Waals surface area contributed by atoms with Gasteiger partial charge in [-0.3, -0.25) is 4.79 Å². The third-order valence-electron chi connectivity index (χ3n) is 4.13. The van der Waals surface area contributed by atoms with Crippen LogP contribution in [0.2, 0.25) is 0 Å². The lowest BCUT2D eigenvalue weighted by atomic mass is 10.1. The van der Waals surface area contributed by atoms with Crippen molar-refractivity contribution in [3.05, 3.63) is 53.6 Å². The standard InChI is InChI=1S/C19H20N2O4/c1-2-18(22)20-14-7-8-16(15(11-14)19(23)24)21-9-10-25-17-6-4-3-5-13(17)12-21/h3-8,11H,2,9-10,12H2,1H3,(H,20,22)(H,23,24). The monoisotopic (exact) mass is 340 g/mol. The SMILES string of the molecule is CCC(=O)Nc1ccc(N2CCOc3ccccc3C2)c(C(=O)O)c1. The van der Waals surface area contributed by atoms with Gasteiger partial charge in [0.1, 0.15) is 12.4 Å². The third-order valence-corrected chi connectivity index (χ3v) is 4.13. The fourth-order valence-corrected chi connectivity index (χ4v) is 2.84. The van der Waals surface area contributed by atoms with E-state index in [0.29, 0.717) is 37.5 Å². The molecule has 0 fully saturated rings. The molecular formula is C19H20N2O4. The van der Waals surface area contributed by atoms with Crippen molar-refractivity contribution in [2.75, 3.05) is 23.4 Å². The van der Waals surface area contributed by atoms with Crippen molar-refractivity contribution in [2.45, 2.75) is 19.9 Å². The highest BCUT2D eigenvalue weighted by Gasteiger charge is 2.21. The highest BCUT2D eigenvalue weighted by atomic mass is 16.5. The summed E-state index contributed by atoms with van der Waals surface area (Å²) in [5.74, 6) is -0.351. The summed E-state index contributed by atoms with van der Waals surface area (Å²) in [5.41, 5.74) is 2.27. The fourth-order valence-electron chi connectivity index (χ4n) is 2.84. The molecule has 0 atom stereocenters. The molecule has 0 saturated heterocycles. The summed E-state index contributed by atoms with van der Waals surface area (Å²) in [6, 6.07) is 12.7. The first kappa shape index (κ1) is 16.8. The summed E-state index contributed by atoms with van der Waals surface area (Å²) in [6.07, 6.45) is 0.338. The Labute approximate surface area is 146 Å². The van der Waals surface area contributed by atoms with Crippen molar-refractivity contribution in [3.8, 4) is 5.75 Å². The summed E-state index contributed by atoms with van der Waals surface area (Å²) >= 11 is 0. The largest absolute Gasteiger partial charge is 0.491 e. The molecule has 0 aliphatic carbocycles. The quantitative estimate of drug-likeness (QED) is 0.894. The van der Waals surface area contributed by atoms with Gasteiger partial charge < -0.3 is 20.1 Å². The molecule has 3 rings (SSSR count). The number of hydrogen-bond donors (Lipinski definition) is 2. The number of hydrogen-bond acceptors (Lipinski definition) is 4. The van der Waals surface area contributed by atoms with Crippen LogP contribution in [0.5, 0.6) is 5.75 Å². The Morgan fingerprint density at radius 2 is 2.04 bits per heavy atom. The van der Waals surface area contributed by atoms with E-state index in [1.807, 2.05) is 29.2 Å². The van der Waals surface area contributed by atoms with Gasteiger partial charge in [-0.15, -0.1) is 0 Å². The maximum absolute atomic E-state index is 11.7. The highest BCUT2D eigenvalue weighted by Crippen LogP contribution is 2.30. The molecule has 6 nitrogen and oxygen atoms in total. The topological polar surface area (TPSA) is 78.9 Å². The first-order valence-corrected chi connectivity index (χ1v) is 8.21. The van der Waals surface area contributed by atoms with E-state index in [0.717, 1.165) is 11.3 Å². The van der Waals surface area contributed by atoms with Crippen LogP contribution in [0.3, 0.4) is 0 Å². The van der Waals surface area contributed by atoms with E-state index in [1.54, 1.807) is 19.1 Å². The Morgan fingerprint density at radius 3 is 2.80 bits per heavy atom. The van der Waals surface area contributed by atoms with Crippen LogP contribution in [0.4, 0.5) is 11.4 Å². The van der Waals surface area contributed by atoms with E-state index in [2.05, 4.69) is 5.32 Å². The minimum absolute atomic E-state index is 0.152. The fraction of sp³-hybridized carbons (Fsp3) is 0.263. The van der Waals surface area contributed by atoms with Crippen molar-refractivity contribution >= 4 is 23.3 Å². The molecule has 1 amide bonds. The summed E-state index contributed by atoms with van der Waals surface area (Å²) in [5, 5.41) is 12.3. The smallest absolute Gasteiger partial charge is 0.337 e. The van der Waals surface area contributed by atoms with Crippen LogP contribution in [-0.2, 0) is 11.3 Å². The molecule has 0 saturated carbocycles. The predicted molar refractivity (Wildman–Crippen MR) is 95.3 cm³/mol. The van der Waals surface area contributed by atoms with Gasteiger partial charge in [-0.1, -0.05) is 25.1 Å². The molecule has 2 aromatic carbocycles. The van der Waals surface area contributed by atoms with Crippen molar-refractivity contribution in [1.82, 2.24) is 0 Å². The van der Waals surface area contributed by atoms with Crippen LogP contribution in [-0.4, -0.2) is 30.1 Å². The van der Waals surface area contributed by atoms with Gasteiger partial charge in [0, 0.05) is 24.2 Å². The molecule has 0 spiro atoms. The number of carboxylic acid groups (broad SMARTS) is 1. The maximum atomic E-state index is 11.7. The van der Waals surface area contributed by atoms with Gasteiger partial charge in [0.05, 0.1) is 17.8 Å². The number of nitrogens with zero attached hydrogens (tertiary/aromatic N) is 1. The number of rotatable bonds is 4. The normalized spacial score (nSPS) is 13.4. The summed E-state index contributed by atoms with van der Waals surface area (Å²) in [6.45, 7) is 3.37. The Bertz CT molecular complexity index is 804. The lowest BCUT2D eigenvalue weighted by Gasteiger charge is -2.24. The van der Waals surface area contributed by atoms with Gasteiger partial charge in [-0.2, -0.15) is 0 Å². The van der Waals surface area contributed by atoms with E-state index < -0.39 is 5.97 Å². The van der Waals surface area contributed by atoms with E-state index >= 15 is 0 Å². The zero-order chi connectivity index (χ0) is 17.8. The van der Waals surface area contributed by atoms with Crippen LogP contribution >= 0.6 is 0 Å². The molecule has 1 aliphatic rings. The molecule has 6 heteroatoms. The Morgan fingerprint density at radius 1 is 1.24 bits per heavy atom. The lowest BCUT2D eigenvalue weighted by molar-refractivity contribution is -0.115. The number of para-hydroxylation sites is 1. The summed E-state index contributed by atoms with van der Waals surface area (Å²) < 4.78 is 5.75. The summed E-state index contributed by atoms with van der Waals surface area (Å²) in [7, 11) is 0. The van der Waals surface area contributed by atoms with Gasteiger partial charge >= 0.3 is 5.97 Å². The first-order valence-electron chi connectivity index (χ1n) is 8.21. The number of carboxylic acids is 1. The molecule has 25 heavy (non-hydrogen) atoms. The Hall–Kier alpha value is -3.02. The van der Waals surface area contributed by atoms with Crippen LogP contribution in [0.25, 0.3) is 0 Å². The molecule has 2 N–H and O–H groups in total. The number of nitrogens with one attached hydrogen (secondary N) is 1. The zero-order valence-corrected chi connectivity index (χ0v) is 14.0. The van der Waals surface area contributed by atoms with E-state index in [-0.39, 0.29) is 11.5 Å². The van der Waals surface area contributed by atoms with Gasteiger partial charge in [0.25, 0.3) is 0 Å². The second-order valence-corrected chi connectivity index (χ2v) is 5.82. The first-order chi connectivity index (χ1) is 12.1. The number of benzene rings is 2. The van der Waals surface area contributed by atoms with Gasteiger partial charge in [-0.25, -0.2) is 4.79 Å². The Kier molecular flexibility index (Phi) is 4.88. The number of carbonyl (C=O) groups is 2. The molecule has 0 bridgehead atoms. The zero-order valence-electron chi connectivity index (χ0n) is 14.0. The highest BCUT2D eigenvalue weighted by molar-refractivity contribution is 5.98. The predicted octanol–water partition coefficient (Wildman–Crippen LogP) is 3.13. The Balaban J connectivity index is 1.93. The van der Waals surface area contributed by atoms with E-state index in [1.165, 1.54) is 6.07 Å². The number of amides is 1. The number of carbonyl (C=O) groups excluding carboxylic acids is 1. The van der Waals surface area contributed by atoms with Crippen LogP contribution in [0.15, 0.2) is 42.5 Å². The maximum Gasteiger partial charge on any atom is 0.337 e. The molecule has 2 aromatic rings. The number of ether oxygens (including phenoxy) is 1. The number of fused-ring (bicyclic) bond motifs is 1. The van der Waals surface area contributed by atoms with Gasteiger partial charge in [0.2, 0.25) is 5.91 Å². The van der Waals surface area contributed by atoms with Gasteiger partial charge in [-0.05, 0) is 24.3 Å². The third kappa shape index (κ3) is 3.74.